The van der Waals surface area contributed by atoms with Crippen molar-refractivity contribution in [1.29, 1.82) is 0 Å². The molecule has 0 aromatic carbocycles. The van der Waals surface area contributed by atoms with E-state index < -0.39 is 6.04 Å². The van der Waals surface area contributed by atoms with Gasteiger partial charge in [0.15, 0.2) is 5.82 Å². The van der Waals surface area contributed by atoms with E-state index in [1.807, 2.05) is 20.8 Å². The minimum Gasteiger partial charge on any atom is -0.343 e. The predicted molar refractivity (Wildman–Crippen MR) is 87.6 cm³/mol. The number of aromatic nitrogens is 2. The van der Waals surface area contributed by atoms with Crippen molar-refractivity contribution in [3.63, 3.8) is 0 Å². The van der Waals surface area contributed by atoms with E-state index in [1.54, 1.807) is 30.5 Å². The summed E-state index contributed by atoms with van der Waals surface area (Å²) >= 11 is 1.59. The first kappa shape index (κ1) is 17.8. The molecule has 1 aromatic heterocycles. The summed E-state index contributed by atoms with van der Waals surface area (Å²) in [5.41, 5.74) is -0.0973. The Morgan fingerprint density at radius 3 is 2.74 bits per heavy atom. The van der Waals surface area contributed by atoms with Gasteiger partial charge in [-0.25, -0.2) is 0 Å². The van der Waals surface area contributed by atoms with Gasteiger partial charge >= 0.3 is 0 Å². The molecule has 0 saturated carbocycles. The molecule has 2 rings (SSSR count). The summed E-state index contributed by atoms with van der Waals surface area (Å²) in [6.07, 6.45) is 0.426. The van der Waals surface area contributed by atoms with Crippen molar-refractivity contribution in [2.45, 2.75) is 53.1 Å². The number of rotatable bonds is 4. The summed E-state index contributed by atoms with van der Waals surface area (Å²) in [6, 6.07) is -0.824. The molecule has 1 aliphatic rings. The lowest BCUT2D eigenvalue weighted by Gasteiger charge is -2.27. The molecule has 1 fully saturated rings. The third-order valence-electron chi connectivity index (χ3n) is 3.46. The van der Waals surface area contributed by atoms with Crippen molar-refractivity contribution in [3.8, 4) is 0 Å². The fraction of sp³-hybridized carbons (Fsp3) is 0.733. The Hall–Kier alpha value is -1.57. The SMILES string of the molecule is Cc1noc([C@@H](C)NC(=O)[C@H]2CSCN2C(=O)CC(C)(C)C)n1. The highest BCUT2D eigenvalue weighted by Gasteiger charge is 2.36. The van der Waals surface area contributed by atoms with Crippen LogP contribution in [0.5, 0.6) is 0 Å². The second kappa shape index (κ2) is 6.90. The lowest BCUT2D eigenvalue weighted by atomic mass is 9.91. The zero-order valence-corrected chi connectivity index (χ0v) is 15.1. The molecule has 2 amide bonds. The number of thioether (sulfide) groups is 1. The number of hydrogen-bond acceptors (Lipinski definition) is 6. The molecular weight excluding hydrogens is 316 g/mol. The van der Waals surface area contributed by atoms with Crippen LogP contribution >= 0.6 is 11.8 Å². The molecule has 2 heterocycles. The van der Waals surface area contributed by atoms with Crippen LogP contribution in [0.1, 0.15) is 51.9 Å². The Labute approximate surface area is 140 Å². The van der Waals surface area contributed by atoms with Gasteiger partial charge in [0.1, 0.15) is 12.1 Å². The summed E-state index contributed by atoms with van der Waals surface area (Å²) in [5, 5.41) is 6.58. The van der Waals surface area contributed by atoms with Crippen LogP contribution in [0.4, 0.5) is 0 Å². The van der Waals surface area contributed by atoms with Crippen molar-refractivity contribution in [1.82, 2.24) is 20.4 Å². The van der Waals surface area contributed by atoms with E-state index >= 15 is 0 Å². The van der Waals surface area contributed by atoms with Gasteiger partial charge in [-0.1, -0.05) is 25.9 Å². The van der Waals surface area contributed by atoms with Crippen LogP contribution in [0.3, 0.4) is 0 Å². The average molecular weight is 340 g/mol. The number of aryl methyl sites for hydroxylation is 1. The fourth-order valence-corrected chi connectivity index (χ4v) is 3.50. The van der Waals surface area contributed by atoms with Crippen LogP contribution < -0.4 is 5.32 Å². The Kier molecular flexibility index (Phi) is 5.33. The minimum atomic E-state index is -0.443. The van der Waals surface area contributed by atoms with Crippen LogP contribution in [0.2, 0.25) is 0 Å². The Morgan fingerprint density at radius 1 is 1.48 bits per heavy atom. The third-order valence-corrected chi connectivity index (χ3v) is 4.47. The quantitative estimate of drug-likeness (QED) is 0.900. The normalized spacial score (nSPS) is 19.7. The lowest BCUT2D eigenvalue weighted by Crippen LogP contribution is -2.48. The van der Waals surface area contributed by atoms with Gasteiger partial charge in [0.2, 0.25) is 17.7 Å². The predicted octanol–water partition coefficient (Wildman–Crippen LogP) is 1.89. The van der Waals surface area contributed by atoms with E-state index in [0.29, 0.717) is 29.8 Å². The van der Waals surface area contributed by atoms with E-state index in [-0.39, 0.29) is 23.3 Å². The summed E-state index contributed by atoms with van der Waals surface area (Å²) in [7, 11) is 0. The lowest BCUT2D eigenvalue weighted by molar-refractivity contribution is -0.139. The Morgan fingerprint density at radius 2 is 2.17 bits per heavy atom. The molecule has 7 nitrogen and oxygen atoms in total. The van der Waals surface area contributed by atoms with Crippen LogP contribution in [-0.2, 0) is 9.59 Å². The highest BCUT2D eigenvalue weighted by atomic mass is 32.2. The second-order valence-electron chi connectivity index (χ2n) is 7.03. The largest absolute Gasteiger partial charge is 0.343 e. The highest BCUT2D eigenvalue weighted by Crippen LogP contribution is 2.27. The zero-order chi connectivity index (χ0) is 17.2. The van der Waals surface area contributed by atoms with Gasteiger partial charge in [0.05, 0.1) is 5.88 Å². The molecule has 1 saturated heterocycles. The summed E-state index contributed by atoms with van der Waals surface area (Å²) in [4.78, 5) is 30.7. The molecule has 8 heteroatoms. The number of nitrogens with zero attached hydrogens (tertiary/aromatic N) is 3. The van der Waals surface area contributed by atoms with Crippen molar-refractivity contribution < 1.29 is 14.1 Å². The van der Waals surface area contributed by atoms with Crippen LogP contribution in [0.25, 0.3) is 0 Å². The second-order valence-corrected chi connectivity index (χ2v) is 8.03. The van der Waals surface area contributed by atoms with Crippen molar-refractivity contribution in [2.24, 2.45) is 5.41 Å². The maximum Gasteiger partial charge on any atom is 0.248 e. The molecule has 128 valence electrons. The van der Waals surface area contributed by atoms with Gasteiger partial charge in [-0.05, 0) is 19.3 Å². The smallest absolute Gasteiger partial charge is 0.248 e. The fourth-order valence-electron chi connectivity index (χ4n) is 2.32. The molecular formula is C15H24N4O3S. The summed E-state index contributed by atoms with van der Waals surface area (Å²) < 4.78 is 5.07. The minimum absolute atomic E-state index is 0.0175. The van der Waals surface area contributed by atoms with E-state index in [2.05, 4.69) is 15.5 Å². The van der Waals surface area contributed by atoms with Gasteiger partial charge in [0, 0.05) is 12.2 Å². The standard InChI is InChI=1S/C15H24N4O3S/c1-9(14-17-10(2)18-22-14)16-13(21)11-7-23-8-19(11)12(20)6-15(3,4)5/h9,11H,6-8H2,1-5H3,(H,16,21)/t9-,11-/m1/s1. The molecule has 1 N–H and O–H groups in total. The summed E-state index contributed by atoms with van der Waals surface area (Å²) in [5.74, 6) is 1.90. The van der Waals surface area contributed by atoms with Gasteiger partial charge in [-0.2, -0.15) is 4.98 Å². The topological polar surface area (TPSA) is 88.3 Å². The molecule has 0 spiro atoms. The molecule has 2 atom stereocenters. The molecule has 1 aliphatic heterocycles. The van der Waals surface area contributed by atoms with Gasteiger partial charge < -0.3 is 14.7 Å². The summed E-state index contributed by atoms with van der Waals surface area (Å²) in [6.45, 7) is 9.56. The molecule has 1 aromatic rings. The monoisotopic (exact) mass is 340 g/mol. The molecule has 0 radical (unpaired) electrons. The first-order chi connectivity index (χ1) is 10.7. The Bertz CT molecular complexity index is 582. The number of amides is 2. The van der Waals surface area contributed by atoms with E-state index in [9.17, 15) is 9.59 Å². The maximum atomic E-state index is 12.5. The third kappa shape index (κ3) is 4.70. The van der Waals surface area contributed by atoms with E-state index in [0.717, 1.165) is 0 Å². The van der Waals surface area contributed by atoms with Gasteiger partial charge in [-0.15, -0.1) is 11.8 Å². The maximum absolute atomic E-state index is 12.5. The first-order valence-electron chi connectivity index (χ1n) is 7.65. The number of carbonyl (C=O) groups is 2. The van der Waals surface area contributed by atoms with Gasteiger partial charge in [0.25, 0.3) is 0 Å². The van der Waals surface area contributed by atoms with Crippen LogP contribution in [0.15, 0.2) is 4.52 Å². The molecule has 0 aliphatic carbocycles. The Balaban J connectivity index is 1.99. The van der Waals surface area contributed by atoms with Crippen LogP contribution in [0, 0.1) is 12.3 Å². The van der Waals surface area contributed by atoms with Crippen molar-refractivity contribution in [2.75, 3.05) is 11.6 Å². The number of carbonyl (C=O) groups excluding carboxylic acids is 2. The number of nitrogens with one attached hydrogen (secondary N) is 1. The van der Waals surface area contributed by atoms with Crippen LogP contribution in [-0.4, -0.2) is 44.5 Å². The van der Waals surface area contributed by atoms with E-state index in [1.165, 1.54) is 0 Å². The first-order valence-corrected chi connectivity index (χ1v) is 8.80. The van der Waals surface area contributed by atoms with E-state index in [4.69, 9.17) is 4.52 Å². The number of hydrogen-bond donors (Lipinski definition) is 1. The van der Waals surface area contributed by atoms with Crippen molar-refractivity contribution in [3.05, 3.63) is 11.7 Å². The molecule has 23 heavy (non-hydrogen) atoms. The molecule has 0 unspecified atom stereocenters. The van der Waals surface area contributed by atoms with Crippen molar-refractivity contribution >= 4 is 23.6 Å². The van der Waals surface area contributed by atoms with Gasteiger partial charge in [-0.3, -0.25) is 9.59 Å². The average Bonchev–Trinajstić information content (AvgIpc) is 3.04. The highest BCUT2D eigenvalue weighted by molar-refractivity contribution is 7.99. The molecule has 0 bridgehead atoms. The zero-order valence-electron chi connectivity index (χ0n) is 14.3.